The van der Waals surface area contributed by atoms with Gasteiger partial charge < -0.3 is 49.3 Å². The van der Waals surface area contributed by atoms with E-state index in [4.69, 9.17) is 28.9 Å². The van der Waals surface area contributed by atoms with Gasteiger partial charge in [0.2, 0.25) is 11.8 Å². The predicted octanol–water partition coefficient (Wildman–Crippen LogP) is 9.25. The van der Waals surface area contributed by atoms with E-state index in [0.717, 1.165) is 81.7 Å². The number of carbonyl (C=O) groups excluding carboxylic acids is 4. The lowest BCUT2D eigenvalue weighted by Crippen LogP contribution is -2.55. The fraction of sp³-hybridized carbons (Fsp3) is 0.519. The molecule has 4 amide bonds. The molecule has 6 heterocycles. The minimum Gasteiger partial charge on any atom is -0.453 e. The lowest BCUT2D eigenvalue weighted by atomic mass is 9.85. The standard InChI is InChI=1S/C54H68N8O8/c1-29-9-19-45(61(29)51(63)47(59-53(65)67-7)41-21-31(3)69-32(4)22-41)49-55-27-43(57-49)36-13-11-35(12-14-36)37-15-16-39-26-40(18-17-38(39)25-37)44-28-56-50(58-44)46-20-10-30(2)62(46)52(64)48(60-54(66)68-8)42-23-33(5)70-34(6)24-42/h11-18,25-34,41-42,45-48H,9-10,19-24H2,1-8H3,(H,55,57)(H,56,58)(H,59,65)(H,60,66)/t29-,30-,31-,32+,33-,34+,41+,42+,45-,46-,47?,48?/m0/s1. The van der Waals surface area contributed by atoms with Gasteiger partial charge >= 0.3 is 12.2 Å². The summed E-state index contributed by atoms with van der Waals surface area (Å²) in [7, 11) is 2.64. The highest BCUT2D eigenvalue weighted by atomic mass is 16.5. The molecule has 4 aliphatic rings. The summed E-state index contributed by atoms with van der Waals surface area (Å²) in [5.74, 6) is 1.03. The van der Waals surface area contributed by atoms with Crippen LogP contribution in [0.5, 0.6) is 0 Å². The first-order valence-electron chi connectivity index (χ1n) is 25.1. The summed E-state index contributed by atoms with van der Waals surface area (Å²) in [5, 5.41) is 7.95. The number of aromatic nitrogens is 4. The summed E-state index contributed by atoms with van der Waals surface area (Å²) in [5.41, 5.74) is 5.85. The number of hydrogen-bond donors (Lipinski definition) is 4. The van der Waals surface area contributed by atoms with Crippen molar-refractivity contribution in [1.29, 1.82) is 0 Å². The molecule has 16 nitrogen and oxygen atoms in total. The van der Waals surface area contributed by atoms with Crippen molar-refractivity contribution in [2.75, 3.05) is 14.2 Å². The van der Waals surface area contributed by atoms with Crippen LogP contribution in [0, 0.1) is 11.8 Å². The van der Waals surface area contributed by atoms with E-state index >= 15 is 0 Å². The number of carbonyl (C=O) groups is 4. The van der Waals surface area contributed by atoms with Gasteiger partial charge in [-0.2, -0.15) is 0 Å². The molecule has 4 fully saturated rings. The van der Waals surface area contributed by atoms with Crippen LogP contribution in [0.2, 0.25) is 0 Å². The first-order valence-corrected chi connectivity index (χ1v) is 25.1. The molecule has 4 aliphatic heterocycles. The van der Waals surface area contributed by atoms with Crippen LogP contribution in [0.1, 0.15) is 117 Å². The summed E-state index contributed by atoms with van der Waals surface area (Å²) >= 11 is 0. The molecule has 0 radical (unpaired) electrons. The number of hydrogen-bond acceptors (Lipinski definition) is 10. The van der Waals surface area contributed by atoms with E-state index in [1.807, 2.05) is 49.9 Å². The third kappa shape index (κ3) is 10.2. The van der Waals surface area contributed by atoms with Gasteiger partial charge in [-0.05, 0) is 144 Å². The van der Waals surface area contributed by atoms with Crippen LogP contribution < -0.4 is 10.6 Å². The van der Waals surface area contributed by atoms with Crippen molar-refractivity contribution in [2.24, 2.45) is 11.8 Å². The maximum Gasteiger partial charge on any atom is 0.407 e. The van der Waals surface area contributed by atoms with E-state index in [9.17, 15) is 19.2 Å². The smallest absolute Gasteiger partial charge is 0.407 e. The number of benzene rings is 3. The number of aromatic amines is 2. The van der Waals surface area contributed by atoms with E-state index in [1.165, 1.54) is 14.2 Å². The Morgan fingerprint density at radius 3 is 1.39 bits per heavy atom. The van der Waals surface area contributed by atoms with E-state index < -0.39 is 24.3 Å². The monoisotopic (exact) mass is 957 g/mol. The Balaban J connectivity index is 0.878. The van der Waals surface area contributed by atoms with Crippen LogP contribution in [0.4, 0.5) is 9.59 Å². The highest BCUT2D eigenvalue weighted by Gasteiger charge is 2.46. The molecule has 70 heavy (non-hydrogen) atoms. The van der Waals surface area contributed by atoms with E-state index in [1.54, 1.807) is 0 Å². The summed E-state index contributed by atoms with van der Waals surface area (Å²) < 4.78 is 21.9. The van der Waals surface area contributed by atoms with Crippen molar-refractivity contribution >= 4 is 34.8 Å². The van der Waals surface area contributed by atoms with Crippen LogP contribution in [-0.2, 0) is 28.5 Å². The Bertz CT molecular complexity index is 2660. The Labute approximate surface area is 410 Å². The van der Waals surface area contributed by atoms with Gasteiger partial charge in [-0.1, -0.05) is 48.5 Å². The van der Waals surface area contributed by atoms with Gasteiger partial charge in [-0.15, -0.1) is 0 Å². The Hall–Kier alpha value is -6.26. The zero-order chi connectivity index (χ0) is 49.4. The molecule has 2 aromatic heterocycles. The largest absolute Gasteiger partial charge is 0.453 e. The molecule has 372 valence electrons. The number of nitrogens with one attached hydrogen (secondary N) is 4. The second-order valence-corrected chi connectivity index (χ2v) is 20.3. The van der Waals surface area contributed by atoms with Gasteiger partial charge in [0.25, 0.3) is 0 Å². The maximum atomic E-state index is 14.5. The minimum absolute atomic E-state index is 0.0238. The molecule has 4 saturated heterocycles. The highest BCUT2D eigenvalue weighted by molar-refractivity contribution is 5.91. The number of nitrogens with zero attached hydrogens (tertiary/aromatic N) is 4. The van der Waals surface area contributed by atoms with Crippen LogP contribution >= 0.6 is 0 Å². The molecule has 4 N–H and O–H groups in total. The molecule has 0 aliphatic carbocycles. The number of fused-ring (bicyclic) bond motifs is 1. The first kappa shape index (κ1) is 48.8. The molecule has 5 aromatic rings. The lowest BCUT2D eigenvalue weighted by molar-refractivity contribution is -0.141. The molecule has 3 aromatic carbocycles. The topological polar surface area (TPSA) is 193 Å². The molecule has 12 atom stereocenters. The van der Waals surface area contributed by atoms with Crippen LogP contribution in [0.15, 0.2) is 73.1 Å². The first-order chi connectivity index (χ1) is 33.7. The number of imidazole rings is 2. The summed E-state index contributed by atoms with van der Waals surface area (Å²) in [6.07, 6.45) is 8.14. The second-order valence-electron chi connectivity index (χ2n) is 20.3. The van der Waals surface area contributed by atoms with Gasteiger partial charge in [0.15, 0.2) is 0 Å². The normalized spacial score (nSPS) is 27.8. The number of amides is 4. The van der Waals surface area contributed by atoms with Crippen molar-refractivity contribution in [3.05, 3.63) is 84.7 Å². The average Bonchev–Trinajstić information content (AvgIpc) is 4.18. The van der Waals surface area contributed by atoms with Crippen molar-refractivity contribution in [3.8, 4) is 33.6 Å². The van der Waals surface area contributed by atoms with Crippen LogP contribution in [0.3, 0.4) is 0 Å². The zero-order valence-electron chi connectivity index (χ0n) is 41.6. The Kier molecular flexibility index (Phi) is 14.3. The van der Waals surface area contributed by atoms with Gasteiger partial charge in [0.1, 0.15) is 23.7 Å². The molecule has 2 unspecified atom stereocenters. The van der Waals surface area contributed by atoms with Crippen molar-refractivity contribution < 1.29 is 38.1 Å². The highest BCUT2D eigenvalue weighted by Crippen LogP contribution is 2.41. The maximum absolute atomic E-state index is 14.5. The predicted molar refractivity (Wildman–Crippen MR) is 265 cm³/mol. The number of likely N-dealkylation sites (tertiary alicyclic amines) is 2. The third-order valence-corrected chi connectivity index (χ3v) is 15.2. The number of methoxy groups -OCH3 is 2. The fourth-order valence-electron chi connectivity index (χ4n) is 11.9. The second kappa shape index (κ2) is 20.6. The number of rotatable bonds is 11. The molecule has 16 heteroatoms. The van der Waals surface area contributed by atoms with E-state index in [2.05, 4.69) is 95.1 Å². The summed E-state index contributed by atoms with van der Waals surface area (Å²) in [4.78, 5) is 74.5. The van der Waals surface area contributed by atoms with Gasteiger partial charge in [0.05, 0.1) is 74.5 Å². The van der Waals surface area contributed by atoms with Crippen molar-refractivity contribution in [1.82, 2.24) is 40.4 Å². The lowest BCUT2D eigenvalue weighted by Gasteiger charge is -2.39. The summed E-state index contributed by atoms with van der Waals surface area (Å²) in [6, 6.07) is 19.2. The van der Waals surface area contributed by atoms with Crippen LogP contribution in [0.25, 0.3) is 44.4 Å². The van der Waals surface area contributed by atoms with E-state index in [0.29, 0.717) is 25.7 Å². The summed E-state index contributed by atoms with van der Waals surface area (Å²) in [6.45, 7) is 12.2. The quantitative estimate of drug-likeness (QED) is 0.0992. The molecule has 9 rings (SSSR count). The van der Waals surface area contributed by atoms with Gasteiger partial charge in [0, 0.05) is 17.6 Å². The SMILES string of the molecule is COC(=O)NC(C(=O)N1[C@@H](C)CC[C@H]1c1ncc(-c2ccc(-c3ccc4cc(-c5cnc([C@@H]6CC[C@H](C)N6C(=O)C(NC(=O)OC)[C@H]6C[C@@H](C)O[C@@H](C)C6)[nH]5)ccc4c3)cc2)[nH]1)[C@H]1C[C@@H](C)O[C@@H](C)C1. The molecule has 0 bridgehead atoms. The molecular formula is C54H68N8O8. The fourth-order valence-corrected chi connectivity index (χ4v) is 11.9. The molecule has 0 spiro atoms. The number of H-pyrrole nitrogens is 2. The van der Waals surface area contributed by atoms with Crippen molar-refractivity contribution in [3.63, 3.8) is 0 Å². The minimum atomic E-state index is -0.737. The number of ether oxygens (including phenoxy) is 4. The van der Waals surface area contributed by atoms with Gasteiger partial charge in [-0.3, -0.25) is 9.59 Å². The zero-order valence-corrected chi connectivity index (χ0v) is 41.6. The van der Waals surface area contributed by atoms with Crippen LogP contribution in [-0.4, -0.2) is 117 Å². The van der Waals surface area contributed by atoms with Gasteiger partial charge in [-0.25, -0.2) is 19.6 Å². The Morgan fingerprint density at radius 2 is 0.943 bits per heavy atom. The third-order valence-electron chi connectivity index (χ3n) is 15.2. The molecular weight excluding hydrogens is 889 g/mol. The Morgan fingerprint density at radius 1 is 0.557 bits per heavy atom. The average molecular weight is 957 g/mol. The number of alkyl carbamates (subject to hydrolysis) is 2. The van der Waals surface area contributed by atoms with E-state index in [-0.39, 0.29) is 72.2 Å². The van der Waals surface area contributed by atoms with Crippen molar-refractivity contribution in [2.45, 2.75) is 154 Å². The molecule has 0 saturated carbocycles.